The van der Waals surface area contributed by atoms with Crippen LogP contribution in [0.15, 0.2) is 22.7 Å². The van der Waals surface area contributed by atoms with Crippen LogP contribution >= 0.6 is 15.9 Å². The predicted octanol–water partition coefficient (Wildman–Crippen LogP) is 2.47. The highest BCUT2D eigenvalue weighted by molar-refractivity contribution is 9.10. The molecule has 1 aromatic carbocycles. The van der Waals surface area contributed by atoms with Gasteiger partial charge < -0.3 is 5.32 Å². The Kier molecular flexibility index (Phi) is 4.96. The Labute approximate surface area is 102 Å². The molecule has 0 bridgehead atoms. The molecule has 16 heavy (non-hydrogen) atoms. The summed E-state index contributed by atoms with van der Waals surface area (Å²) in [5, 5.41) is 13.8. The molecular weight excluding hydrogens is 272 g/mol. The van der Waals surface area contributed by atoms with Crippen molar-refractivity contribution >= 4 is 21.6 Å². The van der Waals surface area contributed by atoms with Crippen molar-refractivity contribution in [1.29, 1.82) is 0 Å². The summed E-state index contributed by atoms with van der Waals surface area (Å²) in [6.45, 7) is 2.72. The Hall–Kier alpha value is -1.38. The standard InChI is InChI=1S/C11H11BrN2O2/c1-2-3-6-13-8-9-7-10(12)4-5-11(9)14(15)16/h4-5,7,13H,6,8H2,1H3. The maximum absolute atomic E-state index is 10.8. The Balaban J connectivity index is 2.78. The third-order valence-electron chi connectivity index (χ3n) is 1.94. The zero-order valence-corrected chi connectivity index (χ0v) is 10.4. The number of nitrogens with one attached hydrogen (secondary N) is 1. The van der Waals surface area contributed by atoms with Crippen molar-refractivity contribution in [2.24, 2.45) is 0 Å². The Bertz CT molecular complexity index is 449. The summed E-state index contributed by atoms with van der Waals surface area (Å²) < 4.78 is 0.830. The average Bonchev–Trinajstić information content (AvgIpc) is 2.24. The van der Waals surface area contributed by atoms with Gasteiger partial charge in [-0.3, -0.25) is 10.1 Å². The van der Waals surface area contributed by atoms with E-state index >= 15 is 0 Å². The highest BCUT2D eigenvalue weighted by Crippen LogP contribution is 2.22. The van der Waals surface area contributed by atoms with Crippen molar-refractivity contribution in [3.05, 3.63) is 38.3 Å². The fourth-order valence-electron chi connectivity index (χ4n) is 1.22. The molecule has 0 aliphatic heterocycles. The van der Waals surface area contributed by atoms with E-state index in [1.807, 2.05) is 0 Å². The van der Waals surface area contributed by atoms with Gasteiger partial charge in [0.1, 0.15) is 0 Å². The van der Waals surface area contributed by atoms with Gasteiger partial charge in [-0.2, -0.15) is 0 Å². The van der Waals surface area contributed by atoms with Gasteiger partial charge in [-0.15, -0.1) is 5.92 Å². The lowest BCUT2D eigenvalue weighted by Crippen LogP contribution is -2.14. The summed E-state index contributed by atoms with van der Waals surface area (Å²) in [6.07, 6.45) is 0. The first kappa shape index (κ1) is 12.7. The molecule has 0 unspecified atom stereocenters. The summed E-state index contributed by atoms with van der Waals surface area (Å²) >= 11 is 3.29. The van der Waals surface area contributed by atoms with E-state index in [9.17, 15) is 10.1 Å². The van der Waals surface area contributed by atoms with Gasteiger partial charge in [0.2, 0.25) is 0 Å². The lowest BCUT2D eigenvalue weighted by atomic mass is 10.2. The molecule has 0 amide bonds. The van der Waals surface area contributed by atoms with E-state index in [-0.39, 0.29) is 10.6 Å². The zero-order chi connectivity index (χ0) is 12.0. The third-order valence-corrected chi connectivity index (χ3v) is 2.44. The van der Waals surface area contributed by atoms with Gasteiger partial charge in [0, 0.05) is 22.6 Å². The van der Waals surface area contributed by atoms with Gasteiger partial charge in [-0.25, -0.2) is 0 Å². The number of nitro groups is 1. The zero-order valence-electron chi connectivity index (χ0n) is 8.79. The molecule has 0 fully saturated rings. The maximum Gasteiger partial charge on any atom is 0.273 e. The normalized spacial score (nSPS) is 9.38. The van der Waals surface area contributed by atoms with Gasteiger partial charge in [0.05, 0.1) is 11.5 Å². The number of rotatable bonds is 4. The van der Waals surface area contributed by atoms with Gasteiger partial charge >= 0.3 is 0 Å². The molecular formula is C11H11BrN2O2. The molecule has 0 spiro atoms. The summed E-state index contributed by atoms with van der Waals surface area (Å²) in [5.74, 6) is 5.59. The Morgan fingerprint density at radius 2 is 2.31 bits per heavy atom. The Morgan fingerprint density at radius 3 is 2.94 bits per heavy atom. The van der Waals surface area contributed by atoms with Gasteiger partial charge in [-0.1, -0.05) is 21.9 Å². The maximum atomic E-state index is 10.8. The molecule has 0 heterocycles. The molecule has 84 valence electrons. The third kappa shape index (κ3) is 3.65. The van der Waals surface area contributed by atoms with E-state index in [1.54, 1.807) is 19.1 Å². The summed E-state index contributed by atoms with van der Waals surface area (Å²) in [7, 11) is 0. The smallest absolute Gasteiger partial charge is 0.273 e. The molecule has 0 saturated heterocycles. The van der Waals surface area contributed by atoms with Gasteiger partial charge in [0.15, 0.2) is 0 Å². The summed E-state index contributed by atoms with van der Waals surface area (Å²) in [6, 6.07) is 4.89. The van der Waals surface area contributed by atoms with Crippen molar-refractivity contribution in [3.8, 4) is 11.8 Å². The minimum absolute atomic E-state index is 0.125. The molecule has 0 aliphatic carbocycles. The van der Waals surface area contributed by atoms with Crippen LogP contribution in [0.5, 0.6) is 0 Å². The second-order valence-electron chi connectivity index (χ2n) is 3.06. The molecule has 1 rings (SSSR count). The number of benzene rings is 1. The van der Waals surface area contributed by atoms with Crippen LogP contribution in [-0.2, 0) is 6.54 Å². The lowest BCUT2D eigenvalue weighted by Gasteiger charge is -2.03. The van der Waals surface area contributed by atoms with E-state index in [0.29, 0.717) is 18.7 Å². The minimum atomic E-state index is -0.380. The molecule has 0 aromatic heterocycles. The molecule has 0 aliphatic rings. The monoisotopic (exact) mass is 282 g/mol. The average molecular weight is 283 g/mol. The SMILES string of the molecule is CC#CCNCc1cc(Br)ccc1[N+](=O)[O-]. The largest absolute Gasteiger partial charge is 0.302 e. The van der Waals surface area contributed by atoms with Crippen LogP contribution in [0.25, 0.3) is 0 Å². The van der Waals surface area contributed by atoms with Crippen LogP contribution < -0.4 is 5.32 Å². The fourth-order valence-corrected chi connectivity index (χ4v) is 1.63. The molecule has 1 N–H and O–H groups in total. The molecule has 0 atom stereocenters. The number of halogens is 1. The van der Waals surface area contributed by atoms with Gasteiger partial charge in [0.25, 0.3) is 5.69 Å². The first-order valence-electron chi connectivity index (χ1n) is 4.68. The second kappa shape index (κ2) is 6.26. The van der Waals surface area contributed by atoms with E-state index in [2.05, 4.69) is 33.1 Å². The first-order valence-corrected chi connectivity index (χ1v) is 5.47. The predicted molar refractivity (Wildman–Crippen MR) is 66.0 cm³/mol. The van der Waals surface area contributed by atoms with E-state index in [0.717, 1.165) is 4.47 Å². The van der Waals surface area contributed by atoms with Crippen molar-refractivity contribution in [2.75, 3.05) is 6.54 Å². The topological polar surface area (TPSA) is 55.2 Å². The number of nitro benzene ring substituents is 1. The lowest BCUT2D eigenvalue weighted by molar-refractivity contribution is -0.385. The highest BCUT2D eigenvalue weighted by atomic mass is 79.9. The van der Waals surface area contributed by atoms with Crippen LogP contribution in [-0.4, -0.2) is 11.5 Å². The summed E-state index contributed by atoms with van der Waals surface area (Å²) in [5.41, 5.74) is 0.775. The van der Waals surface area contributed by atoms with Gasteiger partial charge in [-0.05, 0) is 19.1 Å². The number of hydrogen-bond acceptors (Lipinski definition) is 3. The molecule has 0 saturated carbocycles. The highest BCUT2D eigenvalue weighted by Gasteiger charge is 2.12. The van der Waals surface area contributed by atoms with Crippen LogP contribution in [0.1, 0.15) is 12.5 Å². The molecule has 0 radical (unpaired) electrons. The van der Waals surface area contributed by atoms with Crippen molar-refractivity contribution < 1.29 is 4.92 Å². The van der Waals surface area contributed by atoms with Crippen LogP contribution in [0.2, 0.25) is 0 Å². The molecule has 5 heteroatoms. The van der Waals surface area contributed by atoms with Crippen molar-refractivity contribution in [2.45, 2.75) is 13.5 Å². The van der Waals surface area contributed by atoms with Crippen molar-refractivity contribution in [1.82, 2.24) is 5.32 Å². The molecule has 1 aromatic rings. The van der Waals surface area contributed by atoms with E-state index in [4.69, 9.17) is 0 Å². The van der Waals surface area contributed by atoms with Crippen LogP contribution in [0.3, 0.4) is 0 Å². The quantitative estimate of drug-likeness (QED) is 0.400. The number of hydrogen-bond donors (Lipinski definition) is 1. The van der Waals surface area contributed by atoms with E-state index < -0.39 is 0 Å². The van der Waals surface area contributed by atoms with Crippen molar-refractivity contribution in [3.63, 3.8) is 0 Å². The minimum Gasteiger partial charge on any atom is -0.302 e. The Morgan fingerprint density at radius 1 is 1.56 bits per heavy atom. The van der Waals surface area contributed by atoms with Crippen LogP contribution in [0, 0.1) is 22.0 Å². The van der Waals surface area contributed by atoms with Crippen LogP contribution in [0.4, 0.5) is 5.69 Å². The fraction of sp³-hybridized carbons (Fsp3) is 0.273. The first-order chi connectivity index (χ1) is 7.65. The molecule has 4 nitrogen and oxygen atoms in total. The number of nitrogens with zero attached hydrogens (tertiary/aromatic N) is 1. The summed E-state index contributed by atoms with van der Waals surface area (Å²) in [4.78, 5) is 10.4. The second-order valence-corrected chi connectivity index (χ2v) is 3.98. The van der Waals surface area contributed by atoms with E-state index in [1.165, 1.54) is 6.07 Å².